The van der Waals surface area contributed by atoms with Crippen LogP contribution in [-0.4, -0.2) is 86.5 Å². The predicted octanol–water partition coefficient (Wildman–Crippen LogP) is -3.31. The summed E-state index contributed by atoms with van der Waals surface area (Å²) in [5, 5.41) is 25.3. The lowest BCUT2D eigenvalue weighted by atomic mass is 10.0. The number of aliphatic carboxylic acids is 2. The number of carboxylic acid groups (broad SMARTS) is 2. The molecule has 0 aliphatic carbocycles. The molecule has 0 saturated heterocycles. The van der Waals surface area contributed by atoms with Crippen LogP contribution >= 0.6 is 0 Å². The first-order chi connectivity index (χ1) is 17.4. The van der Waals surface area contributed by atoms with Gasteiger partial charge in [0.1, 0.15) is 18.1 Å². The van der Waals surface area contributed by atoms with Crippen LogP contribution in [0, 0.1) is 0 Å². The van der Waals surface area contributed by atoms with Gasteiger partial charge in [-0.25, -0.2) is 9.78 Å². The third-order valence-corrected chi connectivity index (χ3v) is 5.22. The summed E-state index contributed by atoms with van der Waals surface area (Å²) in [5.41, 5.74) is 16.8. The molecule has 16 nitrogen and oxygen atoms in total. The number of nitrogens with two attached hydrogens (primary N) is 3. The molecular formula is C21H34N8O8. The van der Waals surface area contributed by atoms with Gasteiger partial charge in [-0.15, -0.1) is 0 Å². The van der Waals surface area contributed by atoms with Crippen molar-refractivity contribution in [3.63, 3.8) is 0 Å². The van der Waals surface area contributed by atoms with E-state index in [-0.39, 0.29) is 25.7 Å². The van der Waals surface area contributed by atoms with E-state index in [2.05, 4.69) is 25.9 Å². The van der Waals surface area contributed by atoms with Gasteiger partial charge >= 0.3 is 11.9 Å². The summed E-state index contributed by atoms with van der Waals surface area (Å²) < 4.78 is 0. The highest BCUT2D eigenvalue weighted by Crippen LogP contribution is 2.06. The molecule has 1 aromatic rings. The summed E-state index contributed by atoms with van der Waals surface area (Å²) in [5.74, 6) is -6.10. The van der Waals surface area contributed by atoms with E-state index in [1.807, 2.05) is 0 Å². The molecule has 12 N–H and O–H groups in total. The van der Waals surface area contributed by atoms with E-state index in [4.69, 9.17) is 22.3 Å². The monoisotopic (exact) mass is 526 g/mol. The molecule has 0 fully saturated rings. The van der Waals surface area contributed by atoms with Gasteiger partial charge in [-0.3, -0.25) is 24.0 Å². The Balaban J connectivity index is 3.05. The number of rotatable bonds is 18. The van der Waals surface area contributed by atoms with Gasteiger partial charge in [0.05, 0.1) is 18.8 Å². The van der Waals surface area contributed by atoms with Crippen LogP contribution in [-0.2, 0) is 35.2 Å². The van der Waals surface area contributed by atoms with E-state index >= 15 is 0 Å². The molecule has 1 heterocycles. The molecule has 0 radical (unpaired) electrons. The van der Waals surface area contributed by atoms with Crippen molar-refractivity contribution in [2.24, 2.45) is 17.2 Å². The predicted molar refractivity (Wildman–Crippen MR) is 127 cm³/mol. The largest absolute Gasteiger partial charge is 0.481 e. The number of hydrogen-bond donors (Lipinski definition) is 9. The van der Waals surface area contributed by atoms with Crippen LogP contribution in [0.2, 0.25) is 0 Å². The summed E-state index contributed by atoms with van der Waals surface area (Å²) in [6.45, 7) is 0.339. The van der Waals surface area contributed by atoms with Gasteiger partial charge in [-0.1, -0.05) is 0 Å². The SMILES string of the molecule is NCCCCC(NC(=O)C(N)CCC(N)=O)C(=O)NC(Cc1cnc[nH]1)C(=O)NC(CC(=O)O)C(=O)O. The summed E-state index contributed by atoms with van der Waals surface area (Å²) >= 11 is 0. The minimum absolute atomic E-state index is 0.0384. The highest BCUT2D eigenvalue weighted by Gasteiger charge is 2.31. The average Bonchev–Trinajstić information content (AvgIpc) is 3.33. The molecule has 16 heteroatoms. The van der Waals surface area contributed by atoms with Gasteiger partial charge in [-0.2, -0.15) is 0 Å². The minimum atomic E-state index is -1.74. The Bertz CT molecular complexity index is 939. The van der Waals surface area contributed by atoms with Crippen molar-refractivity contribution in [3.05, 3.63) is 18.2 Å². The number of aromatic nitrogens is 2. The number of aromatic amines is 1. The van der Waals surface area contributed by atoms with Crippen LogP contribution in [0.4, 0.5) is 0 Å². The second-order valence-corrected chi connectivity index (χ2v) is 8.30. The van der Waals surface area contributed by atoms with Gasteiger partial charge in [0.2, 0.25) is 23.6 Å². The molecule has 1 aromatic heterocycles. The van der Waals surface area contributed by atoms with Gasteiger partial charge in [0.15, 0.2) is 0 Å². The number of carbonyl (C=O) groups excluding carboxylic acids is 4. The van der Waals surface area contributed by atoms with E-state index in [0.29, 0.717) is 25.1 Å². The smallest absolute Gasteiger partial charge is 0.326 e. The van der Waals surface area contributed by atoms with E-state index in [1.54, 1.807) is 0 Å². The molecule has 0 bridgehead atoms. The molecule has 206 valence electrons. The standard InChI is InChI=1S/C21H34N8O8/c22-6-2-1-3-13(27-18(33)12(23)4-5-16(24)30)19(34)28-14(7-11-9-25-10-26-11)20(35)29-15(21(36)37)8-17(31)32/h9-10,12-15H,1-8,22-23H2,(H2,24,30)(H,25,26)(H,27,33)(H,28,34)(H,29,35)(H,31,32)(H,36,37). The normalized spacial score (nSPS) is 14.0. The molecule has 4 amide bonds. The molecule has 0 spiro atoms. The number of carbonyl (C=O) groups is 6. The Kier molecular flexibility index (Phi) is 13.3. The van der Waals surface area contributed by atoms with Crippen LogP contribution in [0.5, 0.6) is 0 Å². The highest BCUT2D eigenvalue weighted by atomic mass is 16.4. The van der Waals surface area contributed by atoms with Gasteiger partial charge in [-0.05, 0) is 32.2 Å². The number of primary amides is 1. The molecule has 37 heavy (non-hydrogen) atoms. The zero-order valence-electron chi connectivity index (χ0n) is 20.1. The van der Waals surface area contributed by atoms with Crippen molar-refractivity contribution in [3.8, 4) is 0 Å². The van der Waals surface area contributed by atoms with Gasteiger partial charge in [0.25, 0.3) is 0 Å². The summed E-state index contributed by atoms with van der Waals surface area (Å²) in [4.78, 5) is 78.4. The second-order valence-electron chi connectivity index (χ2n) is 8.30. The Morgan fingerprint density at radius 2 is 1.54 bits per heavy atom. The minimum Gasteiger partial charge on any atom is -0.481 e. The quantitative estimate of drug-likeness (QED) is 0.0853. The van der Waals surface area contributed by atoms with E-state index in [0.717, 1.165) is 0 Å². The zero-order chi connectivity index (χ0) is 28.0. The number of hydrogen-bond acceptors (Lipinski definition) is 9. The fourth-order valence-electron chi connectivity index (χ4n) is 3.21. The van der Waals surface area contributed by atoms with Crippen molar-refractivity contribution in [2.75, 3.05) is 6.54 Å². The van der Waals surface area contributed by atoms with Crippen LogP contribution in [0.1, 0.15) is 44.2 Å². The van der Waals surface area contributed by atoms with Crippen molar-refractivity contribution < 1.29 is 39.0 Å². The number of carboxylic acids is 2. The molecule has 1 rings (SSSR count). The fraction of sp³-hybridized carbons (Fsp3) is 0.571. The Morgan fingerprint density at radius 1 is 0.919 bits per heavy atom. The maximum atomic E-state index is 13.1. The Hall–Kier alpha value is -4.05. The number of amides is 4. The van der Waals surface area contributed by atoms with Crippen molar-refractivity contribution in [1.82, 2.24) is 25.9 Å². The summed E-state index contributed by atoms with van der Waals surface area (Å²) in [7, 11) is 0. The van der Waals surface area contributed by atoms with Crippen molar-refractivity contribution >= 4 is 35.6 Å². The fourth-order valence-corrected chi connectivity index (χ4v) is 3.21. The van der Waals surface area contributed by atoms with Crippen molar-refractivity contribution in [1.29, 1.82) is 0 Å². The molecule has 4 unspecified atom stereocenters. The Labute approximate surface area is 212 Å². The Morgan fingerprint density at radius 3 is 2.08 bits per heavy atom. The van der Waals surface area contributed by atoms with Crippen LogP contribution in [0.3, 0.4) is 0 Å². The average molecular weight is 527 g/mol. The van der Waals surface area contributed by atoms with E-state index < -0.39 is 66.2 Å². The molecular weight excluding hydrogens is 492 g/mol. The van der Waals surface area contributed by atoms with Gasteiger partial charge in [0, 0.05) is 24.7 Å². The van der Waals surface area contributed by atoms with Gasteiger partial charge < -0.3 is 48.3 Å². The van der Waals surface area contributed by atoms with E-state index in [1.165, 1.54) is 12.5 Å². The summed E-state index contributed by atoms with van der Waals surface area (Å²) in [6, 6.07) is -5.34. The van der Waals surface area contributed by atoms with Crippen molar-refractivity contribution in [2.45, 2.75) is 69.1 Å². The molecule has 4 atom stereocenters. The van der Waals surface area contributed by atoms with E-state index in [9.17, 15) is 33.9 Å². The summed E-state index contributed by atoms with van der Waals surface area (Å²) in [6.07, 6.45) is 2.66. The zero-order valence-corrected chi connectivity index (χ0v) is 20.1. The highest BCUT2D eigenvalue weighted by molar-refractivity contribution is 5.94. The second kappa shape index (κ2) is 15.8. The third kappa shape index (κ3) is 12.0. The van der Waals surface area contributed by atoms with Crippen LogP contribution < -0.4 is 33.2 Å². The van der Waals surface area contributed by atoms with Crippen LogP contribution in [0.15, 0.2) is 12.5 Å². The number of nitrogens with one attached hydrogen (secondary N) is 4. The maximum absolute atomic E-state index is 13.1. The van der Waals surface area contributed by atoms with Crippen LogP contribution in [0.25, 0.3) is 0 Å². The lowest BCUT2D eigenvalue weighted by Crippen LogP contribution is -2.57. The number of nitrogens with zero attached hydrogens (tertiary/aromatic N) is 1. The topological polar surface area (TPSA) is 286 Å². The molecule has 0 aliphatic rings. The number of unbranched alkanes of at least 4 members (excludes halogenated alkanes) is 1. The first-order valence-electron chi connectivity index (χ1n) is 11.5. The third-order valence-electron chi connectivity index (χ3n) is 5.22. The maximum Gasteiger partial charge on any atom is 0.326 e. The number of H-pyrrole nitrogens is 1. The molecule has 0 aromatic carbocycles. The number of imidazole rings is 1. The lowest BCUT2D eigenvalue weighted by Gasteiger charge is -2.25. The molecule has 0 aliphatic heterocycles. The molecule has 0 saturated carbocycles. The first kappa shape index (κ1) is 31.0. The lowest BCUT2D eigenvalue weighted by molar-refractivity contribution is -0.147. The first-order valence-corrected chi connectivity index (χ1v) is 11.5.